The van der Waals surface area contributed by atoms with Gasteiger partial charge in [-0.25, -0.2) is 0 Å². The molecule has 21 heavy (non-hydrogen) atoms. The Hall–Kier alpha value is -1.22. The van der Waals surface area contributed by atoms with Crippen molar-refractivity contribution in [3.05, 3.63) is 52.0 Å². The van der Waals surface area contributed by atoms with Gasteiger partial charge in [0.05, 0.1) is 17.2 Å². The summed E-state index contributed by atoms with van der Waals surface area (Å²) in [6.45, 7) is 4.98. The summed E-state index contributed by atoms with van der Waals surface area (Å²) in [5, 5.41) is 4.57. The van der Waals surface area contributed by atoms with Gasteiger partial charge in [-0.05, 0) is 29.3 Å². The van der Waals surface area contributed by atoms with Crippen molar-refractivity contribution in [3.63, 3.8) is 0 Å². The maximum Gasteiger partial charge on any atom is 0.119 e. The average molecular weight is 324 g/mol. The van der Waals surface area contributed by atoms with Gasteiger partial charge in [0.25, 0.3) is 0 Å². The molecule has 1 N–H and O–H groups in total. The molecule has 0 aliphatic carbocycles. The maximum atomic E-state index is 6.35. The van der Waals surface area contributed by atoms with Crippen LogP contribution in [0, 0.1) is 0 Å². The van der Waals surface area contributed by atoms with Gasteiger partial charge >= 0.3 is 0 Å². The predicted octanol–water partition coefficient (Wildman–Crippen LogP) is 5.17. The van der Waals surface area contributed by atoms with Gasteiger partial charge in [-0.1, -0.05) is 55.2 Å². The summed E-state index contributed by atoms with van der Waals surface area (Å²) < 4.78 is 5.32. The number of rotatable bonds is 5. The SMILES string of the molecule is COc1ccc(-c2cccc(Cl)c2Cl)c(CNC(C)C)c1. The van der Waals surface area contributed by atoms with Crippen LogP contribution in [0.25, 0.3) is 11.1 Å². The third-order valence-electron chi connectivity index (χ3n) is 3.25. The van der Waals surface area contributed by atoms with Gasteiger partial charge in [-0.2, -0.15) is 0 Å². The molecule has 112 valence electrons. The summed E-state index contributed by atoms with van der Waals surface area (Å²) in [6, 6.07) is 12.1. The van der Waals surface area contributed by atoms with Crippen LogP contribution in [0.5, 0.6) is 5.75 Å². The van der Waals surface area contributed by atoms with E-state index in [0.717, 1.165) is 29.0 Å². The first-order valence-electron chi connectivity index (χ1n) is 6.87. The monoisotopic (exact) mass is 323 g/mol. The summed E-state index contributed by atoms with van der Waals surface area (Å²) >= 11 is 12.5. The highest BCUT2D eigenvalue weighted by atomic mass is 35.5. The predicted molar refractivity (Wildman–Crippen MR) is 90.4 cm³/mol. The Balaban J connectivity index is 2.48. The molecule has 0 heterocycles. The van der Waals surface area contributed by atoms with Crippen LogP contribution in [0.1, 0.15) is 19.4 Å². The van der Waals surface area contributed by atoms with E-state index < -0.39 is 0 Å². The lowest BCUT2D eigenvalue weighted by Crippen LogP contribution is -2.22. The quantitative estimate of drug-likeness (QED) is 0.819. The molecule has 0 fully saturated rings. The average Bonchev–Trinajstić information content (AvgIpc) is 2.48. The van der Waals surface area contributed by atoms with Crippen molar-refractivity contribution in [3.8, 4) is 16.9 Å². The first kappa shape index (κ1) is 16.2. The highest BCUT2D eigenvalue weighted by Crippen LogP contribution is 2.36. The van der Waals surface area contributed by atoms with E-state index in [-0.39, 0.29) is 0 Å². The Morgan fingerprint density at radius 2 is 1.86 bits per heavy atom. The number of methoxy groups -OCH3 is 1. The van der Waals surface area contributed by atoms with Gasteiger partial charge in [0.15, 0.2) is 0 Å². The van der Waals surface area contributed by atoms with Crippen LogP contribution in [0.3, 0.4) is 0 Å². The van der Waals surface area contributed by atoms with Crippen molar-refractivity contribution in [2.45, 2.75) is 26.4 Å². The van der Waals surface area contributed by atoms with Crippen LogP contribution in [0.4, 0.5) is 0 Å². The smallest absolute Gasteiger partial charge is 0.119 e. The van der Waals surface area contributed by atoms with E-state index in [4.69, 9.17) is 27.9 Å². The molecule has 0 spiro atoms. The molecule has 0 bridgehead atoms. The van der Waals surface area contributed by atoms with Crippen LogP contribution in [-0.4, -0.2) is 13.2 Å². The normalized spacial score (nSPS) is 11.0. The molecule has 0 unspecified atom stereocenters. The van der Waals surface area contributed by atoms with Crippen LogP contribution in [0.15, 0.2) is 36.4 Å². The van der Waals surface area contributed by atoms with E-state index >= 15 is 0 Å². The Kier molecular flexibility index (Phi) is 5.51. The van der Waals surface area contributed by atoms with Crippen LogP contribution < -0.4 is 10.1 Å². The van der Waals surface area contributed by atoms with E-state index in [1.807, 2.05) is 30.3 Å². The number of hydrogen-bond donors (Lipinski definition) is 1. The lowest BCUT2D eigenvalue weighted by atomic mass is 9.99. The van der Waals surface area contributed by atoms with Gasteiger partial charge in [0.1, 0.15) is 5.75 Å². The molecule has 0 aliphatic rings. The highest BCUT2D eigenvalue weighted by molar-refractivity contribution is 6.43. The molecule has 0 aromatic heterocycles. The minimum atomic E-state index is 0.402. The fourth-order valence-corrected chi connectivity index (χ4v) is 2.53. The van der Waals surface area contributed by atoms with E-state index in [1.165, 1.54) is 0 Å². The maximum absolute atomic E-state index is 6.35. The Morgan fingerprint density at radius 3 is 2.52 bits per heavy atom. The van der Waals surface area contributed by atoms with Crippen LogP contribution >= 0.6 is 23.2 Å². The minimum Gasteiger partial charge on any atom is -0.497 e. The molecule has 2 nitrogen and oxygen atoms in total. The standard InChI is InChI=1S/C17H19Cl2NO/c1-11(2)20-10-12-9-13(21-3)7-8-14(12)15-5-4-6-16(18)17(15)19/h4-9,11,20H,10H2,1-3H3. The Morgan fingerprint density at radius 1 is 1.10 bits per heavy atom. The zero-order chi connectivity index (χ0) is 15.4. The third-order valence-corrected chi connectivity index (χ3v) is 4.07. The molecule has 4 heteroatoms. The molecule has 2 aromatic carbocycles. The molecule has 0 saturated heterocycles. The molecule has 0 amide bonds. The molecule has 2 aromatic rings. The molecule has 0 aliphatic heterocycles. The summed E-state index contributed by atoms with van der Waals surface area (Å²) in [5.74, 6) is 0.831. The molecule has 0 atom stereocenters. The van der Waals surface area contributed by atoms with Gasteiger partial charge in [0, 0.05) is 18.2 Å². The second-order valence-electron chi connectivity index (χ2n) is 5.16. The fraction of sp³-hybridized carbons (Fsp3) is 0.294. The number of benzene rings is 2. The van der Waals surface area contributed by atoms with Crippen molar-refractivity contribution < 1.29 is 4.74 Å². The topological polar surface area (TPSA) is 21.3 Å². The van der Waals surface area contributed by atoms with Gasteiger partial charge < -0.3 is 10.1 Å². The zero-order valence-corrected chi connectivity index (χ0v) is 13.9. The van der Waals surface area contributed by atoms with E-state index in [9.17, 15) is 0 Å². The van der Waals surface area contributed by atoms with Gasteiger partial charge in [-0.3, -0.25) is 0 Å². The summed E-state index contributed by atoms with van der Waals surface area (Å²) in [4.78, 5) is 0. The summed E-state index contributed by atoms with van der Waals surface area (Å²) in [5.41, 5.74) is 3.14. The van der Waals surface area contributed by atoms with Crippen LogP contribution in [-0.2, 0) is 6.54 Å². The second-order valence-corrected chi connectivity index (χ2v) is 5.95. The van der Waals surface area contributed by atoms with Crippen molar-refractivity contribution in [2.24, 2.45) is 0 Å². The van der Waals surface area contributed by atoms with Gasteiger partial charge in [-0.15, -0.1) is 0 Å². The van der Waals surface area contributed by atoms with E-state index in [1.54, 1.807) is 13.2 Å². The zero-order valence-electron chi connectivity index (χ0n) is 12.4. The molecule has 0 radical (unpaired) electrons. The lowest BCUT2D eigenvalue weighted by Gasteiger charge is -2.15. The number of hydrogen-bond acceptors (Lipinski definition) is 2. The highest BCUT2D eigenvalue weighted by Gasteiger charge is 2.12. The second kappa shape index (κ2) is 7.17. The first-order chi connectivity index (χ1) is 10.0. The van der Waals surface area contributed by atoms with Gasteiger partial charge in [0.2, 0.25) is 0 Å². The van der Waals surface area contributed by atoms with Crippen molar-refractivity contribution in [1.29, 1.82) is 0 Å². The number of halogens is 2. The van der Waals surface area contributed by atoms with Crippen LogP contribution in [0.2, 0.25) is 10.0 Å². The molecule has 0 saturated carbocycles. The van der Waals surface area contributed by atoms with Crippen molar-refractivity contribution in [1.82, 2.24) is 5.32 Å². The van der Waals surface area contributed by atoms with E-state index in [2.05, 4.69) is 19.2 Å². The number of ether oxygens (including phenoxy) is 1. The molecular formula is C17H19Cl2NO. The fourth-order valence-electron chi connectivity index (χ4n) is 2.13. The number of nitrogens with one attached hydrogen (secondary N) is 1. The van der Waals surface area contributed by atoms with Crippen molar-refractivity contribution >= 4 is 23.2 Å². The Bertz CT molecular complexity index is 626. The van der Waals surface area contributed by atoms with Crippen molar-refractivity contribution in [2.75, 3.05) is 7.11 Å². The summed E-state index contributed by atoms with van der Waals surface area (Å²) in [6.07, 6.45) is 0. The minimum absolute atomic E-state index is 0.402. The molecule has 2 rings (SSSR count). The third kappa shape index (κ3) is 3.91. The summed E-state index contributed by atoms with van der Waals surface area (Å²) in [7, 11) is 1.67. The Labute approximate surface area is 136 Å². The lowest BCUT2D eigenvalue weighted by molar-refractivity contribution is 0.414. The molecular weight excluding hydrogens is 305 g/mol. The first-order valence-corrected chi connectivity index (χ1v) is 7.63. The largest absolute Gasteiger partial charge is 0.497 e. The van der Waals surface area contributed by atoms with E-state index in [0.29, 0.717) is 16.1 Å².